The number of H-pyrrole nitrogens is 1. The van der Waals surface area contributed by atoms with Gasteiger partial charge in [-0.1, -0.05) is 6.42 Å². The first-order valence-electron chi connectivity index (χ1n) is 8.20. The highest BCUT2D eigenvalue weighted by Crippen LogP contribution is 2.34. The van der Waals surface area contributed by atoms with E-state index in [-0.39, 0.29) is 6.10 Å². The molecule has 3 heterocycles. The van der Waals surface area contributed by atoms with Gasteiger partial charge in [-0.25, -0.2) is 0 Å². The molecule has 1 aliphatic heterocycles. The summed E-state index contributed by atoms with van der Waals surface area (Å²) in [7, 11) is 0. The Bertz CT molecular complexity index is 686. The lowest BCUT2D eigenvalue weighted by atomic mass is 10.1. The highest BCUT2D eigenvalue weighted by molar-refractivity contribution is 7.71. The predicted molar refractivity (Wildman–Crippen MR) is 91.0 cm³/mol. The van der Waals surface area contributed by atoms with Crippen LogP contribution in [-0.4, -0.2) is 27.5 Å². The number of aromatic amines is 1. The topological polar surface area (TPSA) is 42.8 Å². The second-order valence-electron chi connectivity index (χ2n) is 6.22. The van der Waals surface area contributed by atoms with E-state index in [9.17, 15) is 0 Å². The second-order valence-corrected chi connectivity index (χ2v) is 7.74. The molecule has 2 aliphatic rings. The number of thiophene rings is 1. The molecule has 1 fully saturated rings. The fourth-order valence-electron chi connectivity index (χ4n) is 3.44. The number of aryl methyl sites for hydroxylation is 2. The highest BCUT2D eigenvalue weighted by Gasteiger charge is 2.21. The van der Waals surface area contributed by atoms with E-state index in [0.717, 1.165) is 31.8 Å². The molecule has 2 aromatic heterocycles. The number of nitrogens with one attached hydrogen (secondary N) is 1. The van der Waals surface area contributed by atoms with Crippen LogP contribution in [-0.2, 0) is 24.1 Å². The number of aromatic nitrogens is 3. The monoisotopic (exact) mass is 335 g/mol. The van der Waals surface area contributed by atoms with Gasteiger partial charge in [-0.3, -0.25) is 9.67 Å². The lowest BCUT2D eigenvalue weighted by Gasteiger charge is -2.11. The molecule has 1 unspecified atom stereocenters. The number of fused-ring (bicyclic) bond motifs is 1. The Morgan fingerprint density at radius 3 is 3.09 bits per heavy atom. The Morgan fingerprint density at radius 2 is 2.23 bits per heavy atom. The third-order valence-corrected chi connectivity index (χ3v) is 6.18. The molecule has 1 N–H and O–H groups in total. The summed E-state index contributed by atoms with van der Waals surface area (Å²) < 4.78 is 8.59. The van der Waals surface area contributed by atoms with Crippen molar-refractivity contribution in [2.75, 3.05) is 6.61 Å². The van der Waals surface area contributed by atoms with Crippen molar-refractivity contribution < 1.29 is 4.74 Å². The quantitative estimate of drug-likeness (QED) is 0.678. The van der Waals surface area contributed by atoms with E-state index in [4.69, 9.17) is 17.0 Å². The first kappa shape index (κ1) is 14.6. The lowest BCUT2D eigenvalue weighted by Crippen LogP contribution is -2.15. The molecule has 1 aliphatic carbocycles. The molecule has 2 aromatic rings. The Balaban J connectivity index is 1.66. The normalized spacial score (nSPS) is 21.7. The van der Waals surface area contributed by atoms with E-state index < -0.39 is 0 Å². The van der Waals surface area contributed by atoms with Gasteiger partial charge >= 0.3 is 0 Å². The number of ether oxygens (including phenoxy) is 1. The maximum atomic E-state index is 5.76. The first-order chi connectivity index (χ1) is 10.8. The first-order valence-corrected chi connectivity index (χ1v) is 9.42. The standard InChI is InChI=1S/C16H21N3OS2/c21-16-18-17-15(19(16)10-12-6-4-8-20-12)14-9-11-5-2-1-3-7-13(11)22-14/h9,12H,1-8,10H2,(H,18,21). The van der Waals surface area contributed by atoms with Crippen LogP contribution in [0.3, 0.4) is 0 Å². The van der Waals surface area contributed by atoms with Crippen LogP contribution in [0.2, 0.25) is 0 Å². The minimum absolute atomic E-state index is 0.279. The summed E-state index contributed by atoms with van der Waals surface area (Å²) in [6.45, 7) is 1.69. The summed E-state index contributed by atoms with van der Waals surface area (Å²) in [6, 6.07) is 2.34. The van der Waals surface area contributed by atoms with Gasteiger partial charge in [0.25, 0.3) is 0 Å². The SMILES string of the molecule is S=c1[nH]nc(-c2cc3c(s2)CCCCC3)n1CC1CCCO1. The van der Waals surface area contributed by atoms with Gasteiger partial charge in [0.05, 0.1) is 17.5 Å². The average molecular weight is 335 g/mol. The third kappa shape index (κ3) is 2.79. The molecule has 1 atom stereocenters. The van der Waals surface area contributed by atoms with Gasteiger partial charge < -0.3 is 4.74 Å². The van der Waals surface area contributed by atoms with Crippen molar-refractivity contribution in [2.24, 2.45) is 0 Å². The largest absolute Gasteiger partial charge is 0.376 e. The summed E-state index contributed by atoms with van der Waals surface area (Å²) >= 11 is 7.33. The number of nitrogens with zero attached hydrogens (tertiary/aromatic N) is 2. The number of hydrogen-bond donors (Lipinski definition) is 1. The van der Waals surface area contributed by atoms with Crippen molar-refractivity contribution in [2.45, 2.75) is 57.6 Å². The zero-order valence-electron chi connectivity index (χ0n) is 12.6. The zero-order valence-corrected chi connectivity index (χ0v) is 14.3. The maximum absolute atomic E-state index is 5.76. The van der Waals surface area contributed by atoms with Gasteiger partial charge in [0.1, 0.15) is 0 Å². The van der Waals surface area contributed by atoms with Crippen LogP contribution in [0.5, 0.6) is 0 Å². The average Bonchev–Trinajstić information content (AvgIpc) is 3.20. The van der Waals surface area contributed by atoms with Gasteiger partial charge in [-0.2, -0.15) is 5.10 Å². The molecule has 0 radical (unpaired) electrons. The van der Waals surface area contributed by atoms with E-state index in [1.165, 1.54) is 42.5 Å². The summed E-state index contributed by atoms with van der Waals surface area (Å²) in [4.78, 5) is 2.79. The van der Waals surface area contributed by atoms with Gasteiger partial charge in [-0.15, -0.1) is 11.3 Å². The molecule has 118 valence electrons. The van der Waals surface area contributed by atoms with E-state index >= 15 is 0 Å². The number of rotatable bonds is 3. The number of hydrogen-bond acceptors (Lipinski definition) is 4. The van der Waals surface area contributed by atoms with Crippen LogP contribution in [0, 0.1) is 4.77 Å². The van der Waals surface area contributed by atoms with Crippen LogP contribution < -0.4 is 0 Å². The van der Waals surface area contributed by atoms with Crippen molar-refractivity contribution >= 4 is 23.6 Å². The fourth-order valence-corrected chi connectivity index (χ4v) is 4.90. The molecule has 4 rings (SSSR count). The van der Waals surface area contributed by atoms with E-state index in [1.807, 2.05) is 11.3 Å². The van der Waals surface area contributed by atoms with Crippen LogP contribution in [0.4, 0.5) is 0 Å². The molecule has 0 spiro atoms. The minimum Gasteiger partial charge on any atom is -0.376 e. The summed E-state index contributed by atoms with van der Waals surface area (Å²) in [5.74, 6) is 0.985. The third-order valence-electron chi connectivity index (χ3n) is 4.64. The molecule has 0 aromatic carbocycles. The van der Waals surface area contributed by atoms with Crippen molar-refractivity contribution in [1.29, 1.82) is 0 Å². The minimum atomic E-state index is 0.279. The maximum Gasteiger partial charge on any atom is 0.195 e. The van der Waals surface area contributed by atoms with Crippen molar-refractivity contribution in [1.82, 2.24) is 14.8 Å². The summed E-state index contributed by atoms with van der Waals surface area (Å²) in [5, 5.41) is 7.46. The lowest BCUT2D eigenvalue weighted by molar-refractivity contribution is 0.0970. The molecule has 6 heteroatoms. The molecular formula is C16H21N3OS2. The van der Waals surface area contributed by atoms with Gasteiger partial charge in [0.15, 0.2) is 10.6 Å². The van der Waals surface area contributed by atoms with Crippen LogP contribution in [0.25, 0.3) is 10.7 Å². The molecule has 0 amide bonds. The Morgan fingerprint density at radius 1 is 1.32 bits per heavy atom. The Kier molecular flexibility index (Phi) is 4.15. The molecule has 22 heavy (non-hydrogen) atoms. The second kappa shape index (κ2) is 6.26. The van der Waals surface area contributed by atoms with E-state index in [1.54, 1.807) is 4.88 Å². The highest BCUT2D eigenvalue weighted by atomic mass is 32.1. The van der Waals surface area contributed by atoms with E-state index in [2.05, 4.69) is 20.8 Å². The van der Waals surface area contributed by atoms with Gasteiger partial charge in [0.2, 0.25) is 0 Å². The molecule has 0 bridgehead atoms. The van der Waals surface area contributed by atoms with Crippen molar-refractivity contribution in [3.05, 3.63) is 21.3 Å². The molecule has 1 saturated heterocycles. The summed E-state index contributed by atoms with van der Waals surface area (Å²) in [6.07, 6.45) is 8.96. The molecular weight excluding hydrogens is 314 g/mol. The smallest absolute Gasteiger partial charge is 0.195 e. The van der Waals surface area contributed by atoms with Crippen molar-refractivity contribution in [3.8, 4) is 10.7 Å². The van der Waals surface area contributed by atoms with Crippen molar-refractivity contribution in [3.63, 3.8) is 0 Å². The Labute approximate surface area is 139 Å². The van der Waals surface area contributed by atoms with E-state index in [0.29, 0.717) is 4.77 Å². The Hall–Kier alpha value is -0.980. The fraction of sp³-hybridized carbons (Fsp3) is 0.625. The molecule has 4 nitrogen and oxygen atoms in total. The predicted octanol–water partition coefficient (Wildman–Crippen LogP) is 4.12. The van der Waals surface area contributed by atoms with Gasteiger partial charge in [-0.05, 0) is 62.4 Å². The van der Waals surface area contributed by atoms with Crippen LogP contribution >= 0.6 is 23.6 Å². The summed E-state index contributed by atoms with van der Waals surface area (Å²) in [5.41, 5.74) is 1.52. The molecule has 0 saturated carbocycles. The van der Waals surface area contributed by atoms with Gasteiger partial charge in [0, 0.05) is 11.5 Å². The van der Waals surface area contributed by atoms with Crippen LogP contribution in [0.1, 0.15) is 42.5 Å². The zero-order chi connectivity index (χ0) is 14.9. The van der Waals surface area contributed by atoms with Crippen LogP contribution in [0.15, 0.2) is 6.07 Å².